The van der Waals surface area contributed by atoms with E-state index in [-0.39, 0.29) is 24.1 Å². The molecule has 0 aliphatic heterocycles. The van der Waals surface area contributed by atoms with Crippen molar-refractivity contribution in [1.29, 1.82) is 0 Å². The number of fused-ring (bicyclic) bond motifs is 1. The van der Waals surface area contributed by atoms with Gasteiger partial charge in [-0.2, -0.15) is 0 Å². The zero-order chi connectivity index (χ0) is 20.4. The summed E-state index contributed by atoms with van der Waals surface area (Å²) in [6.45, 7) is 0.294. The van der Waals surface area contributed by atoms with Crippen LogP contribution in [0.1, 0.15) is 11.8 Å². The number of aromatic nitrogens is 2. The molecule has 4 aromatic rings. The van der Waals surface area contributed by atoms with Crippen LogP contribution in [0.5, 0.6) is 0 Å². The summed E-state index contributed by atoms with van der Waals surface area (Å²) in [5, 5.41) is 7.37. The highest BCUT2D eigenvalue weighted by atomic mass is 32.1. The van der Waals surface area contributed by atoms with E-state index in [0.29, 0.717) is 16.8 Å². The van der Waals surface area contributed by atoms with Crippen molar-refractivity contribution >= 4 is 38.8 Å². The molecule has 29 heavy (non-hydrogen) atoms. The van der Waals surface area contributed by atoms with E-state index in [1.165, 1.54) is 22.2 Å². The van der Waals surface area contributed by atoms with Gasteiger partial charge in [0.2, 0.25) is 5.91 Å². The van der Waals surface area contributed by atoms with Crippen LogP contribution in [-0.2, 0) is 11.3 Å². The van der Waals surface area contributed by atoms with Gasteiger partial charge >= 0.3 is 0 Å². The lowest BCUT2D eigenvalue weighted by molar-refractivity contribution is -0.122. The number of nitrogens with one attached hydrogen (secondary N) is 1. The van der Waals surface area contributed by atoms with Crippen LogP contribution < -0.4 is 10.9 Å². The molecule has 1 N–H and O–H groups in total. The summed E-state index contributed by atoms with van der Waals surface area (Å²) in [7, 11) is 3.84. The van der Waals surface area contributed by atoms with Crippen molar-refractivity contribution in [3.05, 3.63) is 63.7 Å². The summed E-state index contributed by atoms with van der Waals surface area (Å²) in [4.78, 5) is 33.6. The largest absolute Gasteiger partial charge is 0.468 e. The first-order valence-corrected chi connectivity index (χ1v) is 10.8. The smallest absolute Gasteiger partial charge is 0.263 e. The molecule has 9 heteroatoms. The standard InChI is InChI=1S/C20H20N4O3S2/c1-23(2)14(15-5-3-7-27-15)9-21-17(25)10-24-12-22-19-18(20(24)26)13(11-29-19)16-6-4-8-28-16/h3-8,11-12,14H,9-10H2,1-2H3,(H,21,25). The number of carbonyl (C=O) groups excluding carboxylic acids is 1. The van der Waals surface area contributed by atoms with Gasteiger partial charge in [0.15, 0.2) is 0 Å². The molecule has 1 unspecified atom stereocenters. The molecule has 0 aromatic carbocycles. The third kappa shape index (κ3) is 4.02. The molecule has 0 radical (unpaired) electrons. The Kier molecular flexibility index (Phi) is 5.61. The summed E-state index contributed by atoms with van der Waals surface area (Å²) in [6, 6.07) is 7.54. The molecule has 0 aliphatic rings. The zero-order valence-corrected chi connectivity index (χ0v) is 17.6. The van der Waals surface area contributed by atoms with Gasteiger partial charge in [0.25, 0.3) is 5.56 Å². The highest BCUT2D eigenvalue weighted by Crippen LogP contribution is 2.33. The Balaban J connectivity index is 1.52. The monoisotopic (exact) mass is 428 g/mol. The molecule has 1 amide bonds. The number of rotatable bonds is 7. The molecule has 4 aromatic heterocycles. The van der Waals surface area contributed by atoms with Crippen LogP contribution in [0.2, 0.25) is 0 Å². The second kappa shape index (κ2) is 8.32. The maximum absolute atomic E-state index is 13.0. The lowest BCUT2D eigenvalue weighted by Crippen LogP contribution is -2.37. The number of thiophene rings is 2. The highest BCUT2D eigenvalue weighted by Gasteiger charge is 2.19. The van der Waals surface area contributed by atoms with Crippen molar-refractivity contribution < 1.29 is 9.21 Å². The molecule has 150 valence electrons. The summed E-state index contributed by atoms with van der Waals surface area (Å²) in [5.41, 5.74) is 0.669. The number of carbonyl (C=O) groups is 1. The molecule has 0 bridgehead atoms. The van der Waals surface area contributed by atoms with E-state index in [2.05, 4.69) is 10.3 Å². The van der Waals surface area contributed by atoms with Gasteiger partial charge in [-0.15, -0.1) is 22.7 Å². The van der Waals surface area contributed by atoms with Gasteiger partial charge in [-0.25, -0.2) is 4.98 Å². The third-order valence-corrected chi connectivity index (χ3v) is 6.44. The SMILES string of the molecule is CN(C)C(CNC(=O)Cn1cnc2scc(-c3cccs3)c2c1=O)c1ccco1. The molecule has 0 saturated heterocycles. The Labute approximate surface area is 175 Å². The summed E-state index contributed by atoms with van der Waals surface area (Å²) < 4.78 is 6.82. The first kappa shape index (κ1) is 19.6. The van der Waals surface area contributed by atoms with E-state index in [0.717, 1.165) is 16.2 Å². The lowest BCUT2D eigenvalue weighted by atomic mass is 10.2. The van der Waals surface area contributed by atoms with Gasteiger partial charge in [-0.05, 0) is 37.7 Å². The minimum Gasteiger partial charge on any atom is -0.468 e. The first-order valence-electron chi connectivity index (χ1n) is 9.01. The molecule has 7 nitrogen and oxygen atoms in total. The van der Waals surface area contributed by atoms with E-state index in [1.807, 2.05) is 54.0 Å². The van der Waals surface area contributed by atoms with Crippen molar-refractivity contribution in [2.24, 2.45) is 0 Å². The number of furan rings is 1. The average Bonchev–Trinajstić information content (AvgIpc) is 3.45. The molecule has 4 rings (SSSR count). The minimum atomic E-state index is -0.250. The minimum absolute atomic E-state index is 0.0835. The Hall–Kier alpha value is -2.75. The lowest BCUT2D eigenvalue weighted by Gasteiger charge is -2.22. The van der Waals surface area contributed by atoms with Crippen LogP contribution in [0.15, 0.2) is 56.8 Å². The zero-order valence-electron chi connectivity index (χ0n) is 16.0. The summed E-state index contributed by atoms with van der Waals surface area (Å²) >= 11 is 3.01. The van der Waals surface area contributed by atoms with Crippen LogP contribution in [0.25, 0.3) is 20.7 Å². The number of hydrogen-bond donors (Lipinski definition) is 1. The van der Waals surface area contributed by atoms with Crippen LogP contribution in [0, 0.1) is 0 Å². The predicted octanol–water partition coefficient (Wildman–Crippen LogP) is 3.20. The van der Waals surface area contributed by atoms with E-state index in [9.17, 15) is 9.59 Å². The van der Waals surface area contributed by atoms with Gasteiger partial charge in [0.1, 0.15) is 17.1 Å². The summed E-state index contributed by atoms with van der Waals surface area (Å²) in [6.07, 6.45) is 3.05. The Morgan fingerprint density at radius 1 is 1.31 bits per heavy atom. The molecule has 0 fully saturated rings. The number of likely N-dealkylation sites (N-methyl/N-ethyl adjacent to an activating group) is 1. The number of amides is 1. The van der Waals surface area contributed by atoms with E-state index in [1.54, 1.807) is 17.6 Å². The second-order valence-electron chi connectivity index (χ2n) is 6.78. The van der Waals surface area contributed by atoms with Crippen LogP contribution in [0.3, 0.4) is 0 Å². The van der Waals surface area contributed by atoms with Crippen LogP contribution >= 0.6 is 22.7 Å². The van der Waals surface area contributed by atoms with Crippen LogP contribution in [0.4, 0.5) is 0 Å². The van der Waals surface area contributed by atoms with E-state index < -0.39 is 0 Å². The van der Waals surface area contributed by atoms with Crippen molar-refractivity contribution in [2.75, 3.05) is 20.6 Å². The third-order valence-electron chi connectivity index (χ3n) is 4.65. The molecule has 0 saturated carbocycles. The molecule has 4 heterocycles. The fourth-order valence-corrected chi connectivity index (χ4v) is 4.85. The van der Waals surface area contributed by atoms with E-state index >= 15 is 0 Å². The maximum atomic E-state index is 13.0. The van der Waals surface area contributed by atoms with Gasteiger partial charge < -0.3 is 9.73 Å². The molecular weight excluding hydrogens is 408 g/mol. The normalized spacial score (nSPS) is 12.5. The van der Waals surface area contributed by atoms with Crippen molar-refractivity contribution in [3.8, 4) is 10.4 Å². The molecular formula is C20H20N4O3S2. The van der Waals surface area contributed by atoms with Gasteiger partial charge in [0, 0.05) is 22.4 Å². The topological polar surface area (TPSA) is 80.4 Å². The van der Waals surface area contributed by atoms with Crippen LogP contribution in [-0.4, -0.2) is 41.0 Å². The Morgan fingerprint density at radius 3 is 2.86 bits per heavy atom. The molecule has 0 aliphatic carbocycles. The summed E-state index contributed by atoms with van der Waals surface area (Å²) in [5.74, 6) is 0.522. The van der Waals surface area contributed by atoms with Gasteiger partial charge in [-0.3, -0.25) is 19.1 Å². The fourth-order valence-electron chi connectivity index (χ4n) is 3.13. The second-order valence-corrected chi connectivity index (χ2v) is 8.59. The first-order chi connectivity index (χ1) is 14.0. The Bertz CT molecular complexity index is 1160. The predicted molar refractivity (Wildman–Crippen MR) is 115 cm³/mol. The fraction of sp³-hybridized carbons (Fsp3) is 0.250. The maximum Gasteiger partial charge on any atom is 0.263 e. The number of nitrogens with zero attached hydrogens (tertiary/aromatic N) is 3. The Morgan fingerprint density at radius 2 is 2.17 bits per heavy atom. The number of hydrogen-bond acceptors (Lipinski definition) is 7. The highest BCUT2D eigenvalue weighted by molar-refractivity contribution is 7.18. The quantitative estimate of drug-likeness (QED) is 0.489. The van der Waals surface area contributed by atoms with Gasteiger partial charge in [0.05, 0.1) is 24.0 Å². The molecule has 0 spiro atoms. The average molecular weight is 429 g/mol. The van der Waals surface area contributed by atoms with Crippen molar-refractivity contribution in [2.45, 2.75) is 12.6 Å². The van der Waals surface area contributed by atoms with Crippen molar-refractivity contribution in [3.63, 3.8) is 0 Å². The van der Waals surface area contributed by atoms with Crippen molar-refractivity contribution in [1.82, 2.24) is 19.8 Å². The van der Waals surface area contributed by atoms with Gasteiger partial charge in [-0.1, -0.05) is 6.07 Å². The van der Waals surface area contributed by atoms with E-state index in [4.69, 9.17) is 4.42 Å². The molecule has 1 atom stereocenters.